The van der Waals surface area contributed by atoms with Crippen LogP contribution in [0.5, 0.6) is 5.75 Å². The maximum absolute atomic E-state index is 13.0. The van der Waals surface area contributed by atoms with Crippen molar-refractivity contribution in [1.82, 2.24) is 24.7 Å². The minimum atomic E-state index is -0.225. The van der Waals surface area contributed by atoms with Crippen LogP contribution in [0.25, 0.3) is 16.6 Å². The average molecular weight is 564 g/mol. The topological polar surface area (TPSA) is 105 Å². The molecule has 6 rings (SSSR count). The quantitative estimate of drug-likeness (QED) is 0.125. The first-order valence-electron chi connectivity index (χ1n) is 13.5. The number of anilines is 3. The number of nitrogens with zero attached hydrogens (tertiary/aromatic N) is 4. The molecule has 4 heterocycles. The Labute approximate surface area is 242 Å². The van der Waals surface area contributed by atoms with Gasteiger partial charge in [-0.15, -0.1) is 6.42 Å². The van der Waals surface area contributed by atoms with E-state index in [1.807, 2.05) is 52.9 Å². The minimum absolute atomic E-state index is 0.225. The lowest BCUT2D eigenvalue weighted by atomic mass is 9.99. The van der Waals surface area contributed by atoms with Gasteiger partial charge in [-0.3, -0.25) is 4.79 Å². The van der Waals surface area contributed by atoms with Gasteiger partial charge in [0.1, 0.15) is 17.2 Å². The molecule has 5 aromatic rings. The van der Waals surface area contributed by atoms with E-state index >= 15 is 0 Å². The van der Waals surface area contributed by atoms with Crippen molar-refractivity contribution in [2.24, 2.45) is 5.92 Å². The molecule has 3 aromatic heterocycles. The summed E-state index contributed by atoms with van der Waals surface area (Å²) in [4.78, 5) is 26.7. The van der Waals surface area contributed by atoms with Gasteiger partial charge in [0.2, 0.25) is 0 Å². The van der Waals surface area contributed by atoms with Crippen LogP contribution < -0.4 is 20.7 Å². The predicted molar refractivity (Wildman–Crippen MR) is 163 cm³/mol. The summed E-state index contributed by atoms with van der Waals surface area (Å²) in [6.45, 7) is 2.83. The number of carbonyl (C=O) groups excluding carboxylic acids is 1. The van der Waals surface area contributed by atoms with E-state index in [9.17, 15) is 4.79 Å². The van der Waals surface area contributed by atoms with Gasteiger partial charge in [-0.05, 0) is 86.4 Å². The number of hydrogen-bond donors (Lipinski definition) is 3. The molecular formula is C31H29N7O2S. The largest absolute Gasteiger partial charge is 0.493 e. The van der Waals surface area contributed by atoms with Crippen LogP contribution in [0, 0.1) is 18.3 Å². The van der Waals surface area contributed by atoms with Gasteiger partial charge in [-0.1, -0.05) is 17.7 Å². The molecule has 1 aliphatic rings. The highest BCUT2D eigenvalue weighted by molar-refractivity contribution is 7.99. The second-order valence-corrected chi connectivity index (χ2v) is 10.7. The molecule has 0 saturated carbocycles. The Kier molecular flexibility index (Phi) is 7.98. The van der Waals surface area contributed by atoms with Crippen molar-refractivity contribution in [2.45, 2.75) is 18.0 Å². The van der Waals surface area contributed by atoms with Crippen molar-refractivity contribution in [2.75, 3.05) is 36.1 Å². The summed E-state index contributed by atoms with van der Waals surface area (Å²) in [6.07, 6.45) is 13.0. The van der Waals surface area contributed by atoms with Gasteiger partial charge in [-0.2, -0.15) is 0 Å². The first kappa shape index (κ1) is 26.6. The molecule has 0 spiro atoms. The molecule has 1 aliphatic heterocycles. The fourth-order valence-corrected chi connectivity index (χ4v) is 5.27. The fraction of sp³-hybridized carbons (Fsp3) is 0.226. The predicted octanol–water partition coefficient (Wildman–Crippen LogP) is 5.38. The lowest BCUT2D eigenvalue weighted by Gasteiger charge is -2.22. The summed E-state index contributed by atoms with van der Waals surface area (Å²) in [6, 6.07) is 17.0. The van der Waals surface area contributed by atoms with Crippen LogP contribution in [0.4, 0.5) is 17.2 Å². The number of rotatable bonds is 9. The van der Waals surface area contributed by atoms with Crippen molar-refractivity contribution in [3.8, 4) is 18.1 Å². The molecule has 1 saturated heterocycles. The van der Waals surface area contributed by atoms with E-state index in [4.69, 9.17) is 16.1 Å². The highest BCUT2D eigenvalue weighted by Crippen LogP contribution is 2.30. The summed E-state index contributed by atoms with van der Waals surface area (Å²) in [5.74, 6) is 4.90. The fourth-order valence-electron chi connectivity index (χ4n) is 4.74. The second kappa shape index (κ2) is 12.3. The lowest BCUT2D eigenvalue weighted by Crippen LogP contribution is -2.30. The zero-order valence-electron chi connectivity index (χ0n) is 22.3. The van der Waals surface area contributed by atoms with Gasteiger partial charge in [0, 0.05) is 35.4 Å². The third kappa shape index (κ3) is 6.43. The molecule has 0 bridgehead atoms. The van der Waals surface area contributed by atoms with Gasteiger partial charge < -0.3 is 25.1 Å². The molecule has 9 nitrogen and oxygen atoms in total. The number of fused-ring (bicyclic) bond motifs is 2. The third-order valence-electron chi connectivity index (χ3n) is 6.93. The summed E-state index contributed by atoms with van der Waals surface area (Å²) in [7, 11) is 0. The number of pyridine rings is 1. The van der Waals surface area contributed by atoms with Crippen LogP contribution in [0.2, 0.25) is 0 Å². The second-order valence-electron chi connectivity index (χ2n) is 9.80. The Bertz CT molecular complexity index is 1720. The number of ether oxygens (including phenoxy) is 1. The normalized spacial score (nSPS) is 13.6. The number of amides is 1. The van der Waals surface area contributed by atoms with Crippen molar-refractivity contribution >= 4 is 51.4 Å². The smallest absolute Gasteiger partial charge is 0.257 e. The third-order valence-corrected chi connectivity index (χ3v) is 7.68. The van der Waals surface area contributed by atoms with E-state index in [-0.39, 0.29) is 5.91 Å². The molecule has 41 heavy (non-hydrogen) atoms. The van der Waals surface area contributed by atoms with Gasteiger partial charge >= 0.3 is 0 Å². The molecule has 3 N–H and O–H groups in total. The summed E-state index contributed by atoms with van der Waals surface area (Å²) < 4.78 is 7.85. The Morgan fingerprint density at radius 3 is 2.76 bits per heavy atom. The van der Waals surface area contributed by atoms with Gasteiger partial charge in [0.05, 0.1) is 23.4 Å². The van der Waals surface area contributed by atoms with E-state index < -0.39 is 0 Å². The molecule has 0 atom stereocenters. The number of nitrogens with one attached hydrogen (secondary N) is 3. The van der Waals surface area contributed by atoms with E-state index in [0.29, 0.717) is 33.9 Å². The standard InChI is InChI=1S/C31H29N7O2S/c1-2-17-41-31-36-27-9-6-24(35-30(39)22-3-10-28-33-15-16-38(28)19-22)18-26(27)29(37-31)34-23-4-7-25(8-5-23)40-20-21-11-13-32-14-12-21/h1,3-10,15-16,18-19,21,32H,11-14,17,20H2,(H,35,39)(H,34,36,37). The van der Waals surface area contributed by atoms with E-state index in [2.05, 4.69) is 31.8 Å². The maximum atomic E-state index is 13.0. The molecule has 2 aromatic carbocycles. The number of thioether (sulfide) groups is 1. The van der Waals surface area contributed by atoms with Crippen LogP contribution in [-0.4, -0.2) is 50.7 Å². The van der Waals surface area contributed by atoms with Crippen molar-refractivity contribution in [3.63, 3.8) is 0 Å². The molecule has 0 unspecified atom stereocenters. The van der Waals surface area contributed by atoms with E-state index in [0.717, 1.165) is 60.5 Å². The maximum Gasteiger partial charge on any atom is 0.257 e. The monoisotopic (exact) mass is 563 g/mol. The Morgan fingerprint density at radius 2 is 1.93 bits per heavy atom. The highest BCUT2D eigenvalue weighted by Gasteiger charge is 2.15. The number of aromatic nitrogens is 4. The number of imidazole rings is 1. The molecular weight excluding hydrogens is 534 g/mol. The van der Waals surface area contributed by atoms with Crippen LogP contribution in [0.3, 0.4) is 0 Å². The summed E-state index contributed by atoms with van der Waals surface area (Å²) in [5, 5.41) is 11.1. The number of carbonyl (C=O) groups is 1. The average Bonchev–Trinajstić information content (AvgIpc) is 3.49. The van der Waals surface area contributed by atoms with Crippen LogP contribution in [0.15, 0.2) is 78.3 Å². The highest BCUT2D eigenvalue weighted by atomic mass is 32.2. The number of piperidine rings is 1. The van der Waals surface area contributed by atoms with Gasteiger partial charge in [-0.25, -0.2) is 15.0 Å². The molecule has 0 aliphatic carbocycles. The number of benzene rings is 2. The molecule has 1 fully saturated rings. The first-order valence-corrected chi connectivity index (χ1v) is 14.5. The Balaban J connectivity index is 1.22. The van der Waals surface area contributed by atoms with Gasteiger partial charge in [0.25, 0.3) is 5.91 Å². The lowest BCUT2D eigenvalue weighted by molar-refractivity contribution is 0.102. The van der Waals surface area contributed by atoms with Crippen LogP contribution in [-0.2, 0) is 0 Å². The minimum Gasteiger partial charge on any atom is -0.493 e. The molecule has 1 amide bonds. The number of terminal acetylenes is 1. The van der Waals surface area contributed by atoms with E-state index in [1.165, 1.54) is 11.8 Å². The van der Waals surface area contributed by atoms with Gasteiger partial charge in [0.15, 0.2) is 5.16 Å². The number of hydrogen-bond acceptors (Lipinski definition) is 8. The van der Waals surface area contributed by atoms with Crippen molar-refractivity contribution < 1.29 is 9.53 Å². The Morgan fingerprint density at radius 1 is 1.10 bits per heavy atom. The molecule has 0 radical (unpaired) electrons. The van der Waals surface area contributed by atoms with Crippen molar-refractivity contribution in [3.05, 3.63) is 78.8 Å². The summed E-state index contributed by atoms with van der Waals surface area (Å²) >= 11 is 1.40. The zero-order chi connectivity index (χ0) is 28.0. The van der Waals surface area contributed by atoms with E-state index in [1.54, 1.807) is 24.7 Å². The Hall–Kier alpha value is -4.59. The first-order chi connectivity index (χ1) is 20.1. The van der Waals surface area contributed by atoms with Crippen LogP contribution >= 0.6 is 11.8 Å². The zero-order valence-corrected chi connectivity index (χ0v) is 23.2. The van der Waals surface area contributed by atoms with Crippen LogP contribution in [0.1, 0.15) is 23.2 Å². The summed E-state index contributed by atoms with van der Waals surface area (Å²) in [5.41, 5.74) is 3.52. The molecule has 206 valence electrons. The SMILES string of the molecule is C#CCSc1nc(Nc2ccc(OCC3CCNCC3)cc2)c2cc(NC(=O)c3ccc4nccn4c3)ccc2n1. The molecule has 10 heteroatoms. The van der Waals surface area contributed by atoms with Crippen molar-refractivity contribution in [1.29, 1.82) is 0 Å².